The van der Waals surface area contributed by atoms with Gasteiger partial charge in [0.25, 0.3) is 10.0 Å². The smallest absolute Gasteiger partial charge is 0.259 e. The van der Waals surface area contributed by atoms with Crippen LogP contribution in [0.2, 0.25) is 0 Å². The van der Waals surface area contributed by atoms with Gasteiger partial charge in [-0.25, -0.2) is 13.4 Å². The number of hydrogen-bond acceptors (Lipinski definition) is 6. The highest BCUT2D eigenvalue weighted by molar-refractivity contribution is 7.89. The van der Waals surface area contributed by atoms with Gasteiger partial charge in [0, 0.05) is 25.2 Å². The van der Waals surface area contributed by atoms with E-state index in [1.165, 1.54) is 0 Å². The van der Waals surface area contributed by atoms with Crippen LogP contribution in [0.1, 0.15) is 36.8 Å². The van der Waals surface area contributed by atoms with Crippen molar-refractivity contribution in [3.63, 3.8) is 0 Å². The van der Waals surface area contributed by atoms with Crippen molar-refractivity contribution in [3.05, 3.63) is 41.2 Å². The van der Waals surface area contributed by atoms with Gasteiger partial charge in [-0.3, -0.25) is 0 Å². The Morgan fingerprint density at radius 1 is 1.30 bits per heavy atom. The number of nitrogens with two attached hydrogens (primary N) is 1. The topological polar surface area (TPSA) is 97.3 Å². The maximum Gasteiger partial charge on any atom is 0.259 e. The van der Waals surface area contributed by atoms with Crippen LogP contribution in [0.15, 0.2) is 39.5 Å². The molecule has 1 atom stereocenters. The molecule has 1 saturated heterocycles. The molecule has 1 aromatic carbocycles. The van der Waals surface area contributed by atoms with E-state index in [1.807, 2.05) is 12.3 Å². The lowest BCUT2D eigenvalue weighted by Gasteiger charge is -2.35. The average molecular weight is 388 g/mol. The van der Waals surface area contributed by atoms with E-state index in [2.05, 4.69) is 20.4 Å². The fourth-order valence-corrected chi connectivity index (χ4v) is 4.95. The third kappa shape index (κ3) is 4.00. The quantitative estimate of drug-likeness (QED) is 0.851. The Kier molecular flexibility index (Phi) is 4.90. The summed E-state index contributed by atoms with van der Waals surface area (Å²) in [4.78, 5) is 6.85. The van der Waals surface area contributed by atoms with Gasteiger partial charge in [-0.15, -0.1) is 4.40 Å². The fraction of sp³-hybridized carbons (Fsp3) is 0.474. The molecule has 0 spiro atoms. The Bertz CT molecular complexity index is 921. The van der Waals surface area contributed by atoms with E-state index in [-0.39, 0.29) is 11.6 Å². The van der Waals surface area contributed by atoms with Crippen LogP contribution in [0, 0.1) is 5.92 Å². The highest BCUT2D eigenvalue weighted by Crippen LogP contribution is 2.29. The summed E-state index contributed by atoms with van der Waals surface area (Å²) in [5.41, 5.74) is 7.17. The second-order valence-corrected chi connectivity index (χ2v) is 8.84. The molecule has 3 aliphatic heterocycles. The minimum Gasteiger partial charge on any atom is -0.492 e. The standard InChI is InChI=1S/C19H24N4O3S/c20-19-18-15(13-27(24,25)22-19)6-3-7-16(18)26-12-14-5-4-10-23(11-14)17-8-1-2-9-21-17/h3,6-9,14H,1-2,4-5,10-13H2,(H2,20,22). The lowest BCUT2D eigenvalue weighted by molar-refractivity contribution is 0.153. The number of amidine groups is 1. The summed E-state index contributed by atoms with van der Waals surface area (Å²) in [5.74, 6) is 1.95. The number of hydrogen-bond donors (Lipinski definition) is 1. The molecule has 1 fully saturated rings. The van der Waals surface area contributed by atoms with E-state index in [9.17, 15) is 8.42 Å². The maximum absolute atomic E-state index is 11.8. The molecule has 1 unspecified atom stereocenters. The third-order valence-electron chi connectivity index (χ3n) is 5.11. The zero-order chi connectivity index (χ0) is 18.9. The molecular formula is C19H24N4O3S. The largest absolute Gasteiger partial charge is 0.492 e. The highest BCUT2D eigenvalue weighted by atomic mass is 32.2. The van der Waals surface area contributed by atoms with Crippen molar-refractivity contribution in [2.75, 3.05) is 19.7 Å². The molecule has 3 aliphatic rings. The number of piperidine rings is 1. The average Bonchev–Trinajstić information content (AvgIpc) is 2.66. The molecule has 4 rings (SSSR count). The zero-order valence-electron chi connectivity index (χ0n) is 15.2. The van der Waals surface area contributed by atoms with Gasteiger partial charge in [0.1, 0.15) is 17.4 Å². The van der Waals surface area contributed by atoms with E-state index in [0.717, 1.165) is 44.6 Å². The Labute approximate surface area is 159 Å². The first-order valence-corrected chi connectivity index (χ1v) is 10.9. The van der Waals surface area contributed by atoms with E-state index in [0.29, 0.717) is 29.4 Å². The van der Waals surface area contributed by atoms with Crippen LogP contribution in [0.3, 0.4) is 0 Å². The predicted octanol–water partition coefficient (Wildman–Crippen LogP) is 2.03. The van der Waals surface area contributed by atoms with Gasteiger partial charge in [0.15, 0.2) is 0 Å². The second kappa shape index (κ2) is 7.34. The van der Waals surface area contributed by atoms with Crippen molar-refractivity contribution in [1.82, 2.24) is 4.90 Å². The van der Waals surface area contributed by atoms with Crippen molar-refractivity contribution in [2.24, 2.45) is 21.0 Å². The number of fused-ring (bicyclic) bond motifs is 1. The first-order valence-electron chi connectivity index (χ1n) is 9.33. The molecule has 0 saturated carbocycles. The summed E-state index contributed by atoms with van der Waals surface area (Å²) in [5, 5.41) is 0. The van der Waals surface area contributed by atoms with Crippen LogP contribution in [-0.2, 0) is 15.8 Å². The third-order valence-corrected chi connectivity index (χ3v) is 6.26. The maximum atomic E-state index is 11.8. The zero-order valence-corrected chi connectivity index (χ0v) is 16.0. The molecule has 0 aromatic heterocycles. The molecule has 144 valence electrons. The van der Waals surface area contributed by atoms with Crippen molar-refractivity contribution < 1.29 is 13.2 Å². The van der Waals surface area contributed by atoms with Gasteiger partial charge >= 0.3 is 0 Å². The molecule has 8 heteroatoms. The number of rotatable bonds is 4. The van der Waals surface area contributed by atoms with Crippen LogP contribution in [0.4, 0.5) is 0 Å². The van der Waals surface area contributed by atoms with Crippen molar-refractivity contribution in [3.8, 4) is 5.75 Å². The van der Waals surface area contributed by atoms with Gasteiger partial charge in [-0.05, 0) is 43.4 Å². The lowest BCUT2D eigenvalue weighted by Crippen LogP contribution is -2.37. The van der Waals surface area contributed by atoms with Crippen LogP contribution in [0.5, 0.6) is 5.75 Å². The van der Waals surface area contributed by atoms with Gasteiger partial charge in [-0.1, -0.05) is 12.1 Å². The molecule has 0 bridgehead atoms. The van der Waals surface area contributed by atoms with Crippen molar-refractivity contribution in [2.45, 2.75) is 31.4 Å². The van der Waals surface area contributed by atoms with E-state index < -0.39 is 10.0 Å². The molecule has 2 N–H and O–H groups in total. The molecule has 7 nitrogen and oxygen atoms in total. The van der Waals surface area contributed by atoms with Gasteiger partial charge < -0.3 is 15.4 Å². The van der Waals surface area contributed by atoms with Crippen LogP contribution in [-0.4, -0.2) is 45.1 Å². The monoisotopic (exact) mass is 388 g/mol. The number of likely N-dealkylation sites (tertiary alicyclic amines) is 1. The molecule has 27 heavy (non-hydrogen) atoms. The number of nitrogens with zero attached hydrogens (tertiary/aromatic N) is 3. The normalized spacial score (nSPS) is 24.0. The minimum atomic E-state index is -3.54. The number of allylic oxidation sites excluding steroid dienone is 1. The predicted molar refractivity (Wildman–Crippen MR) is 105 cm³/mol. The van der Waals surface area contributed by atoms with E-state index in [1.54, 1.807) is 12.1 Å². The Morgan fingerprint density at radius 3 is 3.00 bits per heavy atom. The Hall–Kier alpha value is -2.35. The van der Waals surface area contributed by atoms with Gasteiger partial charge in [0.05, 0.1) is 17.9 Å². The summed E-state index contributed by atoms with van der Waals surface area (Å²) in [6, 6.07) is 5.39. The van der Waals surface area contributed by atoms with Gasteiger partial charge in [-0.2, -0.15) is 0 Å². The number of aliphatic imine (C=N–C) groups is 1. The van der Waals surface area contributed by atoms with Crippen LogP contribution < -0.4 is 10.5 Å². The highest BCUT2D eigenvalue weighted by Gasteiger charge is 2.26. The lowest BCUT2D eigenvalue weighted by atomic mass is 9.98. The number of sulfonamides is 1. The van der Waals surface area contributed by atoms with Crippen molar-refractivity contribution >= 4 is 22.1 Å². The Morgan fingerprint density at radius 2 is 2.19 bits per heavy atom. The summed E-state index contributed by atoms with van der Waals surface area (Å²) < 4.78 is 33.3. The molecule has 3 heterocycles. The van der Waals surface area contributed by atoms with Gasteiger partial charge in [0.2, 0.25) is 0 Å². The summed E-state index contributed by atoms with van der Waals surface area (Å²) >= 11 is 0. The molecule has 1 aromatic rings. The summed E-state index contributed by atoms with van der Waals surface area (Å²) in [6.45, 7) is 2.50. The van der Waals surface area contributed by atoms with Crippen molar-refractivity contribution in [1.29, 1.82) is 0 Å². The summed E-state index contributed by atoms with van der Waals surface area (Å²) in [7, 11) is -3.54. The summed E-state index contributed by atoms with van der Waals surface area (Å²) in [6.07, 6.45) is 8.46. The minimum absolute atomic E-state index is 0.0128. The molecular weight excluding hydrogens is 364 g/mol. The second-order valence-electron chi connectivity index (χ2n) is 7.21. The molecule has 0 radical (unpaired) electrons. The molecule has 0 aliphatic carbocycles. The molecule has 0 amide bonds. The number of ether oxygens (including phenoxy) is 1. The fourth-order valence-electron chi connectivity index (χ4n) is 3.86. The van der Waals surface area contributed by atoms with E-state index in [4.69, 9.17) is 10.5 Å². The first-order chi connectivity index (χ1) is 13.0. The number of benzene rings is 1. The Balaban J connectivity index is 1.45. The SMILES string of the molecule is NC1=NS(=O)(=O)Cc2cccc(OCC3CCCN(C4=CCCC=N4)C3)c21. The van der Waals surface area contributed by atoms with Crippen LogP contribution in [0.25, 0.3) is 0 Å². The van der Waals surface area contributed by atoms with Crippen LogP contribution >= 0.6 is 0 Å². The first kappa shape index (κ1) is 18.0. The van der Waals surface area contributed by atoms with E-state index >= 15 is 0 Å².